The zero-order valence-corrected chi connectivity index (χ0v) is 11.2. The van der Waals surface area contributed by atoms with Gasteiger partial charge in [0, 0.05) is 6.04 Å². The smallest absolute Gasteiger partial charge is 0.255 e. The number of para-hydroxylation sites is 1. The van der Waals surface area contributed by atoms with Crippen molar-refractivity contribution in [2.75, 3.05) is 0 Å². The van der Waals surface area contributed by atoms with Crippen LogP contribution in [0.3, 0.4) is 0 Å². The van der Waals surface area contributed by atoms with Gasteiger partial charge in [0.05, 0.1) is 5.56 Å². The van der Waals surface area contributed by atoms with Crippen LogP contribution in [0.1, 0.15) is 43.6 Å². The number of benzene rings is 1. The molecule has 0 saturated carbocycles. The minimum atomic E-state index is -0.228. The standard InChI is InChI=1S/C14H21NO2/c1-9-7-6-8-11(12(9)16)13(17)15-10(2)14(3,4)5/h6-8,10,16H,1-5H3,(H,15,17). The van der Waals surface area contributed by atoms with Gasteiger partial charge in [0.15, 0.2) is 0 Å². The largest absolute Gasteiger partial charge is 0.507 e. The first-order valence-electron chi connectivity index (χ1n) is 5.83. The molecule has 0 saturated heterocycles. The highest BCUT2D eigenvalue weighted by Gasteiger charge is 2.23. The molecular weight excluding hydrogens is 214 g/mol. The summed E-state index contributed by atoms with van der Waals surface area (Å²) in [5, 5.41) is 12.7. The average molecular weight is 235 g/mol. The van der Waals surface area contributed by atoms with Crippen LogP contribution in [0.5, 0.6) is 5.75 Å². The molecule has 1 aromatic carbocycles. The molecule has 1 amide bonds. The number of aryl methyl sites for hydroxylation is 1. The van der Waals surface area contributed by atoms with Gasteiger partial charge < -0.3 is 10.4 Å². The molecule has 2 N–H and O–H groups in total. The number of hydrogen-bond donors (Lipinski definition) is 2. The molecule has 0 bridgehead atoms. The van der Waals surface area contributed by atoms with E-state index in [2.05, 4.69) is 26.1 Å². The fourth-order valence-corrected chi connectivity index (χ4v) is 1.33. The number of amides is 1. The molecule has 0 aliphatic heterocycles. The molecule has 0 radical (unpaired) electrons. The third kappa shape index (κ3) is 3.22. The van der Waals surface area contributed by atoms with Crippen LogP contribution in [-0.2, 0) is 0 Å². The van der Waals surface area contributed by atoms with Gasteiger partial charge in [-0.05, 0) is 30.9 Å². The van der Waals surface area contributed by atoms with E-state index in [1.807, 2.05) is 6.92 Å². The van der Waals surface area contributed by atoms with Gasteiger partial charge >= 0.3 is 0 Å². The Labute approximate surface area is 103 Å². The zero-order valence-electron chi connectivity index (χ0n) is 11.2. The number of aromatic hydroxyl groups is 1. The molecule has 94 valence electrons. The van der Waals surface area contributed by atoms with Gasteiger partial charge in [0.2, 0.25) is 0 Å². The van der Waals surface area contributed by atoms with Crippen LogP contribution >= 0.6 is 0 Å². The van der Waals surface area contributed by atoms with Gasteiger partial charge in [-0.3, -0.25) is 4.79 Å². The average Bonchev–Trinajstić information content (AvgIpc) is 2.20. The Morgan fingerprint density at radius 2 is 1.94 bits per heavy atom. The molecule has 1 atom stereocenters. The highest BCUT2D eigenvalue weighted by molar-refractivity contribution is 5.97. The van der Waals surface area contributed by atoms with Crippen LogP contribution in [0.4, 0.5) is 0 Å². The molecule has 0 aromatic heterocycles. The molecule has 0 spiro atoms. The van der Waals surface area contributed by atoms with Crippen LogP contribution in [0.15, 0.2) is 18.2 Å². The Morgan fingerprint density at radius 3 is 2.47 bits per heavy atom. The Kier molecular flexibility index (Phi) is 3.81. The van der Waals surface area contributed by atoms with Gasteiger partial charge in [-0.2, -0.15) is 0 Å². The Bertz CT molecular complexity index is 419. The number of rotatable bonds is 2. The first-order valence-corrected chi connectivity index (χ1v) is 5.83. The third-order valence-electron chi connectivity index (χ3n) is 3.13. The van der Waals surface area contributed by atoms with Crippen molar-refractivity contribution in [2.45, 2.75) is 40.7 Å². The number of phenols is 1. The van der Waals surface area contributed by atoms with Crippen molar-refractivity contribution >= 4 is 5.91 Å². The van der Waals surface area contributed by atoms with Gasteiger partial charge in [-0.25, -0.2) is 0 Å². The summed E-state index contributed by atoms with van der Waals surface area (Å²) in [5.41, 5.74) is 1.04. The lowest BCUT2D eigenvalue weighted by Gasteiger charge is -2.28. The maximum absolute atomic E-state index is 12.0. The van der Waals surface area contributed by atoms with Gasteiger partial charge in [-0.1, -0.05) is 32.9 Å². The number of nitrogens with one attached hydrogen (secondary N) is 1. The Morgan fingerprint density at radius 1 is 1.35 bits per heavy atom. The predicted molar refractivity (Wildman–Crippen MR) is 69.2 cm³/mol. The van der Waals surface area contributed by atoms with Crippen LogP contribution < -0.4 is 5.32 Å². The van der Waals surface area contributed by atoms with E-state index in [1.165, 1.54) is 0 Å². The van der Waals surface area contributed by atoms with Crippen molar-refractivity contribution in [3.8, 4) is 5.75 Å². The quantitative estimate of drug-likeness (QED) is 0.828. The molecule has 3 heteroatoms. The van der Waals surface area contributed by atoms with Crippen molar-refractivity contribution < 1.29 is 9.90 Å². The number of hydrogen-bond acceptors (Lipinski definition) is 2. The van der Waals surface area contributed by atoms with E-state index in [0.717, 1.165) is 0 Å². The van der Waals surface area contributed by atoms with E-state index < -0.39 is 0 Å². The van der Waals surface area contributed by atoms with Crippen molar-refractivity contribution in [3.05, 3.63) is 29.3 Å². The zero-order chi connectivity index (χ0) is 13.2. The summed E-state index contributed by atoms with van der Waals surface area (Å²) in [7, 11) is 0. The molecule has 0 aliphatic carbocycles. The van der Waals surface area contributed by atoms with Gasteiger partial charge in [0.1, 0.15) is 5.75 Å². The van der Waals surface area contributed by atoms with Crippen molar-refractivity contribution in [2.24, 2.45) is 5.41 Å². The predicted octanol–water partition coefficient (Wildman–Crippen LogP) is 2.87. The number of phenolic OH excluding ortho intramolecular Hbond substituents is 1. The molecule has 17 heavy (non-hydrogen) atoms. The van der Waals surface area contributed by atoms with Gasteiger partial charge in [-0.15, -0.1) is 0 Å². The third-order valence-corrected chi connectivity index (χ3v) is 3.13. The molecule has 0 fully saturated rings. The molecule has 0 aliphatic rings. The van der Waals surface area contributed by atoms with Crippen LogP contribution in [-0.4, -0.2) is 17.1 Å². The van der Waals surface area contributed by atoms with Crippen molar-refractivity contribution in [3.63, 3.8) is 0 Å². The summed E-state index contributed by atoms with van der Waals surface area (Å²) in [6, 6.07) is 5.22. The topological polar surface area (TPSA) is 49.3 Å². The van der Waals surface area contributed by atoms with E-state index in [-0.39, 0.29) is 23.1 Å². The van der Waals surface area contributed by atoms with E-state index in [4.69, 9.17) is 0 Å². The maximum Gasteiger partial charge on any atom is 0.255 e. The summed E-state index contributed by atoms with van der Waals surface area (Å²) in [6.07, 6.45) is 0. The second-order valence-electron chi connectivity index (χ2n) is 5.53. The van der Waals surface area contributed by atoms with E-state index in [1.54, 1.807) is 25.1 Å². The lowest BCUT2D eigenvalue weighted by atomic mass is 9.88. The summed E-state index contributed by atoms with van der Waals surface area (Å²) < 4.78 is 0. The molecule has 1 rings (SSSR count). The fraction of sp³-hybridized carbons (Fsp3) is 0.500. The number of carbonyl (C=O) groups is 1. The van der Waals surface area contributed by atoms with E-state index >= 15 is 0 Å². The van der Waals surface area contributed by atoms with Crippen LogP contribution in [0.25, 0.3) is 0 Å². The Hall–Kier alpha value is -1.51. The maximum atomic E-state index is 12.0. The molecule has 1 aromatic rings. The second kappa shape index (κ2) is 4.78. The monoisotopic (exact) mass is 235 g/mol. The lowest BCUT2D eigenvalue weighted by molar-refractivity contribution is 0.0907. The van der Waals surface area contributed by atoms with Crippen molar-refractivity contribution in [1.29, 1.82) is 0 Å². The number of carbonyl (C=O) groups excluding carboxylic acids is 1. The summed E-state index contributed by atoms with van der Waals surface area (Å²) in [6.45, 7) is 9.93. The minimum absolute atomic E-state index is 0.00486. The summed E-state index contributed by atoms with van der Waals surface area (Å²) in [4.78, 5) is 12.0. The molecule has 3 nitrogen and oxygen atoms in total. The molecular formula is C14H21NO2. The summed E-state index contributed by atoms with van der Waals surface area (Å²) in [5.74, 6) is -0.167. The van der Waals surface area contributed by atoms with E-state index in [9.17, 15) is 9.90 Å². The normalized spacial score (nSPS) is 13.2. The molecule has 1 unspecified atom stereocenters. The minimum Gasteiger partial charge on any atom is -0.507 e. The Balaban J connectivity index is 2.88. The first-order chi connectivity index (χ1) is 7.73. The molecule has 0 heterocycles. The SMILES string of the molecule is Cc1cccc(C(=O)NC(C)C(C)(C)C)c1O. The van der Waals surface area contributed by atoms with Gasteiger partial charge in [0.25, 0.3) is 5.91 Å². The lowest BCUT2D eigenvalue weighted by Crippen LogP contribution is -2.41. The highest BCUT2D eigenvalue weighted by Crippen LogP contribution is 2.23. The second-order valence-corrected chi connectivity index (χ2v) is 5.53. The van der Waals surface area contributed by atoms with Crippen LogP contribution in [0, 0.1) is 12.3 Å². The van der Waals surface area contributed by atoms with E-state index in [0.29, 0.717) is 11.1 Å². The summed E-state index contributed by atoms with van der Waals surface area (Å²) >= 11 is 0. The van der Waals surface area contributed by atoms with Crippen LogP contribution in [0.2, 0.25) is 0 Å². The highest BCUT2D eigenvalue weighted by atomic mass is 16.3. The fourth-order valence-electron chi connectivity index (χ4n) is 1.33. The first kappa shape index (κ1) is 13.6. The van der Waals surface area contributed by atoms with Crippen molar-refractivity contribution in [1.82, 2.24) is 5.32 Å².